The molecule has 2 aromatic heterocycles. The summed E-state index contributed by atoms with van der Waals surface area (Å²) in [4.78, 5) is 14.3. The monoisotopic (exact) mass is 384 g/mol. The largest absolute Gasteiger partial charge is 0.313 e. The lowest BCUT2D eigenvalue weighted by molar-refractivity contribution is 0.142. The van der Waals surface area contributed by atoms with Crippen LogP contribution >= 0.6 is 0 Å². The first-order valence-electron chi connectivity index (χ1n) is 10.1. The van der Waals surface area contributed by atoms with Crippen molar-refractivity contribution in [2.24, 2.45) is 0 Å². The van der Waals surface area contributed by atoms with Crippen LogP contribution in [0.25, 0.3) is 0 Å². The van der Waals surface area contributed by atoms with Gasteiger partial charge in [0.2, 0.25) is 23.3 Å². The molecule has 4 fully saturated rings. The maximum Gasteiger partial charge on any atom is 0.220 e. The second-order valence-electron chi connectivity index (χ2n) is 8.73. The zero-order valence-electron chi connectivity index (χ0n) is 15.3. The molecule has 0 amide bonds. The fourth-order valence-electron chi connectivity index (χ4n) is 5.38. The van der Waals surface area contributed by atoms with Gasteiger partial charge in [-0.15, -0.1) is 0 Å². The predicted octanol–water partition coefficient (Wildman–Crippen LogP) is -0.156. The Hall–Kier alpha value is -2.60. The first kappa shape index (κ1) is 14.4. The Morgan fingerprint density at radius 2 is 0.857 bits per heavy atom. The molecule has 0 spiro atoms. The van der Waals surface area contributed by atoms with Crippen LogP contribution in [0.5, 0.6) is 0 Å². The highest BCUT2D eigenvalue weighted by molar-refractivity contribution is 5.76. The number of fused-ring (bicyclic) bond motifs is 6. The number of hydrogen-bond acceptors (Lipinski definition) is 12. The van der Waals surface area contributed by atoms with Crippen LogP contribution in [0.2, 0.25) is 0 Å². The van der Waals surface area contributed by atoms with E-state index in [0.29, 0.717) is 12.1 Å². The van der Waals surface area contributed by atoms with Crippen molar-refractivity contribution in [2.75, 3.05) is 46.3 Å². The Morgan fingerprint density at radius 3 is 1.14 bits per heavy atom. The lowest BCUT2D eigenvalue weighted by atomic mass is 10.1. The van der Waals surface area contributed by atoms with Gasteiger partial charge in [0.1, 0.15) is 12.3 Å². The van der Waals surface area contributed by atoms with E-state index < -0.39 is 0 Å². The van der Waals surface area contributed by atoms with Crippen molar-refractivity contribution in [2.45, 2.75) is 50.1 Å². The lowest BCUT2D eigenvalue weighted by Gasteiger charge is -2.62. The number of hydrogen-bond donors (Lipinski definition) is 0. The number of nitrogens with zero attached hydrogens (tertiary/aromatic N) is 10. The third-order valence-electron chi connectivity index (χ3n) is 7.00. The lowest BCUT2D eigenvalue weighted by Crippen LogP contribution is -2.79. The summed E-state index contributed by atoms with van der Waals surface area (Å²) in [5, 5.41) is 17.2. The summed E-state index contributed by atoms with van der Waals surface area (Å²) >= 11 is 0. The maximum atomic E-state index is 5.23. The summed E-state index contributed by atoms with van der Waals surface area (Å²) in [6.07, 6.45) is 5.15. The first-order valence-corrected chi connectivity index (χ1v) is 10.1. The van der Waals surface area contributed by atoms with Gasteiger partial charge in [-0.1, -0.05) is 0 Å². The predicted molar refractivity (Wildman–Crippen MR) is 95.3 cm³/mol. The molecule has 12 nitrogen and oxygen atoms in total. The van der Waals surface area contributed by atoms with E-state index in [4.69, 9.17) is 9.26 Å². The van der Waals surface area contributed by atoms with Gasteiger partial charge >= 0.3 is 0 Å². The smallest absolute Gasteiger partial charge is 0.220 e. The molecule has 12 heteroatoms. The fourth-order valence-corrected chi connectivity index (χ4v) is 5.38. The average molecular weight is 384 g/mol. The topological polar surface area (TPSA) is 97.3 Å². The van der Waals surface area contributed by atoms with Crippen LogP contribution in [-0.4, -0.2) is 81.5 Å². The van der Waals surface area contributed by atoms with Gasteiger partial charge < -0.3 is 19.6 Å². The van der Waals surface area contributed by atoms with E-state index in [1.807, 2.05) is 0 Å². The van der Waals surface area contributed by atoms with E-state index in [2.05, 4.69) is 50.0 Å². The van der Waals surface area contributed by atoms with E-state index in [-0.39, 0.29) is 12.3 Å². The Balaban J connectivity index is 1.32. The normalized spacial score (nSPS) is 31.7. The van der Waals surface area contributed by atoms with E-state index in [0.717, 1.165) is 49.9 Å². The standard InChI is InChI=1S/C16H20N10O2/c1-2-9(1)21-5-23-11-13(19-27-17-11)25-7-22(10-3-4-10)8-26-14-12(18-28-20-14)24(6-21)15(23)16(25)26/h9-10,15-16H,1-8H2. The minimum absolute atomic E-state index is 0.0788. The number of anilines is 4. The molecule has 0 aromatic carbocycles. The van der Waals surface area contributed by atoms with Crippen molar-refractivity contribution < 1.29 is 9.26 Å². The highest BCUT2D eigenvalue weighted by atomic mass is 16.6. The minimum Gasteiger partial charge on any atom is -0.313 e. The van der Waals surface area contributed by atoms with Gasteiger partial charge in [-0.3, -0.25) is 9.80 Å². The molecular weight excluding hydrogens is 364 g/mol. The van der Waals surface area contributed by atoms with Crippen molar-refractivity contribution in [3.63, 3.8) is 0 Å². The zero-order chi connectivity index (χ0) is 18.0. The Morgan fingerprint density at radius 1 is 0.536 bits per heavy atom. The molecule has 2 aromatic rings. The number of rotatable bonds is 2. The molecule has 6 heterocycles. The molecule has 8 rings (SSSR count). The molecule has 2 saturated heterocycles. The van der Waals surface area contributed by atoms with Gasteiger partial charge in [-0.05, 0) is 46.3 Å². The van der Waals surface area contributed by atoms with E-state index >= 15 is 0 Å². The summed E-state index contributed by atoms with van der Waals surface area (Å²) in [7, 11) is 0. The van der Waals surface area contributed by atoms with Gasteiger partial charge in [-0.2, -0.15) is 0 Å². The number of aromatic nitrogens is 4. The zero-order valence-corrected chi connectivity index (χ0v) is 15.3. The minimum atomic E-state index is 0.0788. The Bertz CT molecular complexity index is 820. The van der Waals surface area contributed by atoms with Crippen LogP contribution in [0, 0.1) is 0 Å². The van der Waals surface area contributed by atoms with Crippen LogP contribution in [0.3, 0.4) is 0 Å². The van der Waals surface area contributed by atoms with Gasteiger partial charge in [0, 0.05) is 12.1 Å². The first-order chi connectivity index (χ1) is 13.9. The molecule has 0 unspecified atom stereocenters. The van der Waals surface area contributed by atoms with Gasteiger partial charge in [0.05, 0.1) is 26.7 Å². The molecular formula is C16H20N10O2. The van der Waals surface area contributed by atoms with Crippen LogP contribution in [0.15, 0.2) is 9.26 Å². The van der Waals surface area contributed by atoms with Crippen molar-refractivity contribution in [1.29, 1.82) is 0 Å². The molecule has 2 saturated carbocycles. The third-order valence-corrected chi connectivity index (χ3v) is 7.00. The molecule has 4 aliphatic heterocycles. The average Bonchev–Trinajstić information content (AvgIpc) is 3.64. The highest BCUT2D eigenvalue weighted by Crippen LogP contribution is 2.49. The molecule has 0 atom stereocenters. The molecule has 2 aliphatic carbocycles. The van der Waals surface area contributed by atoms with Gasteiger partial charge in [0.25, 0.3) is 0 Å². The van der Waals surface area contributed by atoms with E-state index in [1.165, 1.54) is 25.7 Å². The molecule has 6 aliphatic rings. The van der Waals surface area contributed by atoms with E-state index in [1.54, 1.807) is 0 Å². The molecule has 0 radical (unpaired) electrons. The second kappa shape index (κ2) is 4.69. The SMILES string of the molecule is C1CC1N1CN2c3nonc3N3CN(C4CC4)CN4c5nonc5N(C1)C2C34. The van der Waals surface area contributed by atoms with Crippen molar-refractivity contribution in [3.05, 3.63) is 0 Å². The molecule has 28 heavy (non-hydrogen) atoms. The summed E-state index contributed by atoms with van der Waals surface area (Å²) in [6, 6.07) is 1.25. The van der Waals surface area contributed by atoms with Crippen LogP contribution in [0.4, 0.5) is 23.3 Å². The summed E-state index contributed by atoms with van der Waals surface area (Å²) in [5.41, 5.74) is 0. The summed E-state index contributed by atoms with van der Waals surface area (Å²) in [6.45, 7) is 3.33. The van der Waals surface area contributed by atoms with Crippen molar-refractivity contribution in [3.8, 4) is 0 Å². The van der Waals surface area contributed by atoms with E-state index in [9.17, 15) is 0 Å². The second-order valence-corrected chi connectivity index (χ2v) is 8.73. The fraction of sp³-hybridized carbons (Fsp3) is 0.750. The third kappa shape index (κ3) is 1.69. The maximum absolute atomic E-state index is 5.23. The van der Waals surface area contributed by atoms with Crippen molar-refractivity contribution in [1.82, 2.24) is 30.4 Å². The molecule has 0 bridgehead atoms. The Kier molecular flexibility index (Phi) is 2.41. The van der Waals surface area contributed by atoms with Gasteiger partial charge in [-0.25, -0.2) is 9.26 Å². The summed E-state index contributed by atoms with van der Waals surface area (Å²) < 4.78 is 10.5. The Labute approximate surface area is 160 Å². The summed E-state index contributed by atoms with van der Waals surface area (Å²) in [5.74, 6) is 3.31. The molecule has 146 valence electrons. The van der Waals surface area contributed by atoms with Gasteiger partial charge in [0.15, 0.2) is 0 Å². The highest BCUT2D eigenvalue weighted by Gasteiger charge is 2.59. The van der Waals surface area contributed by atoms with Crippen molar-refractivity contribution >= 4 is 23.3 Å². The van der Waals surface area contributed by atoms with Crippen LogP contribution < -0.4 is 19.6 Å². The van der Waals surface area contributed by atoms with Crippen LogP contribution in [0.1, 0.15) is 25.7 Å². The quantitative estimate of drug-likeness (QED) is 0.688. The molecule has 0 N–H and O–H groups in total. The van der Waals surface area contributed by atoms with Crippen LogP contribution in [-0.2, 0) is 0 Å².